The summed E-state index contributed by atoms with van der Waals surface area (Å²) in [6.45, 7) is 3.96. The van der Waals surface area contributed by atoms with Gasteiger partial charge in [-0.15, -0.1) is 0 Å². The van der Waals surface area contributed by atoms with Crippen molar-refractivity contribution in [2.75, 3.05) is 6.61 Å². The van der Waals surface area contributed by atoms with Crippen molar-refractivity contribution in [1.82, 2.24) is 5.32 Å². The number of rotatable bonds is 4. The molecule has 82 valence electrons. The summed E-state index contributed by atoms with van der Waals surface area (Å²) in [4.78, 5) is 11.6. The van der Waals surface area contributed by atoms with Crippen molar-refractivity contribution in [3.63, 3.8) is 0 Å². The number of amides is 1. The van der Waals surface area contributed by atoms with Crippen LogP contribution in [0, 0.1) is 0 Å². The van der Waals surface area contributed by atoms with Crippen LogP contribution in [0.2, 0.25) is 0 Å². The van der Waals surface area contributed by atoms with Crippen molar-refractivity contribution < 1.29 is 14.6 Å². The minimum Gasteiger partial charge on any atom is -0.396 e. The molecule has 0 radical (unpaired) electrons. The molecular formula is C10H19NO3. The van der Waals surface area contributed by atoms with Gasteiger partial charge in [-0.05, 0) is 33.1 Å². The number of hydrogen-bond donors (Lipinski definition) is 2. The topological polar surface area (TPSA) is 58.6 Å². The number of aliphatic hydroxyl groups is 1. The summed E-state index contributed by atoms with van der Waals surface area (Å²) < 4.78 is 5.43. The van der Waals surface area contributed by atoms with Gasteiger partial charge in [-0.1, -0.05) is 0 Å². The first kappa shape index (κ1) is 11.5. The number of carbonyl (C=O) groups is 1. The number of aliphatic hydroxyl groups excluding tert-OH is 1. The van der Waals surface area contributed by atoms with Crippen LogP contribution in [0.5, 0.6) is 0 Å². The maximum Gasteiger partial charge on any atom is 0.249 e. The molecule has 0 aromatic heterocycles. The van der Waals surface area contributed by atoms with Crippen LogP contribution in [0.1, 0.15) is 33.1 Å². The van der Waals surface area contributed by atoms with E-state index in [0.717, 1.165) is 12.8 Å². The Balaban J connectivity index is 2.27. The minimum atomic E-state index is -0.286. The number of hydrogen-bond acceptors (Lipinski definition) is 3. The predicted octanol–water partition coefficient (Wildman–Crippen LogP) is 0.441. The highest BCUT2D eigenvalue weighted by atomic mass is 16.5. The van der Waals surface area contributed by atoms with Gasteiger partial charge in [-0.3, -0.25) is 4.79 Å². The van der Waals surface area contributed by atoms with Crippen LogP contribution in [0.15, 0.2) is 0 Å². The van der Waals surface area contributed by atoms with E-state index in [0.29, 0.717) is 6.42 Å². The molecule has 0 bridgehead atoms. The zero-order valence-electron chi connectivity index (χ0n) is 8.82. The molecule has 4 nitrogen and oxygen atoms in total. The summed E-state index contributed by atoms with van der Waals surface area (Å²) in [7, 11) is 0. The van der Waals surface area contributed by atoms with E-state index < -0.39 is 0 Å². The molecule has 4 heteroatoms. The van der Waals surface area contributed by atoms with Gasteiger partial charge < -0.3 is 15.2 Å². The Morgan fingerprint density at radius 1 is 1.64 bits per heavy atom. The monoisotopic (exact) mass is 201 g/mol. The second-order valence-electron chi connectivity index (χ2n) is 3.93. The van der Waals surface area contributed by atoms with E-state index in [4.69, 9.17) is 9.84 Å². The quantitative estimate of drug-likeness (QED) is 0.694. The van der Waals surface area contributed by atoms with Crippen LogP contribution in [-0.2, 0) is 9.53 Å². The van der Waals surface area contributed by atoms with Gasteiger partial charge in [-0.25, -0.2) is 0 Å². The lowest BCUT2D eigenvalue weighted by molar-refractivity contribution is -0.132. The Hall–Kier alpha value is -0.610. The van der Waals surface area contributed by atoms with Gasteiger partial charge in [0.25, 0.3) is 0 Å². The molecule has 0 aromatic rings. The van der Waals surface area contributed by atoms with E-state index in [1.54, 1.807) is 0 Å². The number of nitrogens with one attached hydrogen (secondary N) is 1. The SMILES string of the molecule is CC(CCO)NC(=O)C1CCC(C)O1. The van der Waals surface area contributed by atoms with Crippen molar-refractivity contribution in [3.8, 4) is 0 Å². The highest BCUT2D eigenvalue weighted by Gasteiger charge is 2.28. The molecule has 0 spiro atoms. The molecular weight excluding hydrogens is 182 g/mol. The fourth-order valence-corrected chi connectivity index (χ4v) is 1.60. The van der Waals surface area contributed by atoms with Gasteiger partial charge in [0.2, 0.25) is 5.91 Å². The van der Waals surface area contributed by atoms with Gasteiger partial charge in [-0.2, -0.15) is 0 Å². The van der Waals surface area contributed by atoms with Crippen molar-refractivity contribution in [1.29, 1.82) is 0 Å². The summed E-state index contributed by atoms with van der Waals surface area (Å²) >= 11 is 0. The van der Waals surface area contributed by atoms with Crippen molar-refractivity contribution in [2.45, 2.75) is 51.4 Å². The van der Waals surface area contributed by atoms with Crippen LogP contribution < -0.4 is 5.32 Å². The van der Waals surface area contributed by atoms with E-state index in [-0.39, 0.29) is 30.8 Å². The smallest absolute Gasteiger partial charge is 0.249 e. The third-order valence-corrected chi connectivity index (χ3v) is 2.48. The van der Waals surface area contributed by atoms with Gasteiger partial charge >= 0.3 is 0 Å². The second kappa shape index (κ2) is 5.32. The maximum absolute atomic E-state index is 11.6. The summed E-state index contributed by atoms with van der Waals surface area (Å²) in [5, 5.41) is 11.5. The Kier molecular flexibility index (Phi) is 4.35. The second-order valence-corrected chi connectivity index (χ2v) is 3.93. The number of carbonyl (C=O) groups excluding carboxylic acids is 1. The van der Waals surface area contributed by atoms with Gasteiger partial charge in [0.1, 0.15) is 6.10 Å². The predicted molar refractivity (Wildman–Crippen MR) is 52.9 cm³/mol. The van der Waals surface area contributed by atoms with E-state index in [1.165, 1.54) is 0 Å². The van der Waals surface area contributed by atoms with Gasteiger partial charge in [0, 0.05) is 12.6 Å². The molecule has 3 atom stereocenters. The molecule has 1 fully saturated rings. The van der Waals surface area contributed by atoms with E-state index in [2.05, 4.69) is 5.32 Å². The third-order valence-electron chi connectivity index (χ3n) is 2.48. The molecule has 1 aliphatic rings. The average molecular weight is 201 g/mol. The summed E-state index contributed by atoms with van der Waals surface area (Å²) in [6, 6.07) is 0.0204. The Morgan fingerprint density at radius 2 is 2.36 bits per heavy atom. The fraction of sp³-hybridized carbons (Fsp3) is 0.900. The minimum absolute atomic E-state index is 0.0204. The lowest BCUT2D eigenvalue weighted by atomic mass is 10.2. The van der Waals surface area contributed by atoms with Gasteiger partial charge in [0.15, 0.2) is 0 Å². The van der Waals surface area contributed by atoms with Crippen LogP contribution in [-0.4, -0.2) is 35.9 Å². The molecule has 2 N–H and O–H groups in total. The normalized spacial score (nSPS) is 28.8. The van der Waals surface area contributed by atoms with E-state index in [1.807, 2.05) is 13.8 Å². The average Bonchev–Trinajstić information content (AvgIpc) is 2.52. The molecule has 1 saturated heterocycles. The lowest BCUT2D eigenvalue weighted by Gasteiger charge is -2.16. The first-order valence-electron chi connectivity index (χ1n) is 5.20. The molecule has 3 unspecified atom stereocenters. The molecule has 1 heterocycles. The zero-order valence-corrected chi connectivity index (χ0v) is 8.82. The first-order chi connectivity index (χ1) is 6.63. The zero-order chi connectivity index (χ0) is 10.6. The van der Waals surface area contributed by atoms with Crippen LogP contribution in [0.25, 0.3) is 0 Å². The molecule has 1 rings (SSSR count). The fourth-order valence-electron chi connectivity index (χ4n) is 1.60. The van der Waals surface area contributed by atoms with Crippen LogP contribution in [0.4, 0.5) is 0 Å². The maximum atomic E-state index is 11.6. The molecule has 1 aliphatic heterocycles. The Morgan fingerprint density at radius 3 is 2.86 bits per heavy atom. The highest BCUT2D eigenvalue weighted by Crippen LogP contribution is 2.19. The third kappa shape index (κ3) is 3.27. The van der Waals surface area contributed by atoms with Crippen LogP contribution >= 0.6 is 0 Å². The van der Waals surface area contributed by atoms with E-state index in [9.17, 15) is 4.79 Å². The van der Waals surface area contributed by atoms with Crippen molar-refractivity contribution in [2.24, 2.45) is 0 Å². The largest absolute Gasteiger partial charge is 0.396 e. The van der Waals surface area contributed by atoms with Crippen LogP contribution in [0.3, 0.4) is 0 Å². The molecule has 1 amide bonds. The first-order valence-corrected chi connectivity index (χ1v) is 5.20. The lowest BCUT2D eigenvalue weighted by Crippen LogP contribution is -2.40. The Bertz CT molecular complexity index is 196. The number of ether oxygens (including phenoxy) is 1. The highest BCUT2D eigenvalue weighted by molar-refractivity contribution is 5.81. The molecule has 0 aliphatic carbocycles. The molecule has 0 aromatic carbocycles. The summed E-state index contributed by atoms with van der Waals surface area (Å²) in [5.74, 6) is -0.0460. The van der Waals surface area contributed by atoms with Crippen molar-refractivity contribution in [3.05, 3.63) is 0 Å². The van der Waals surface area contributed by atoms with Crippen molar-refractivity contribution >= 4 is 5.91 Å². The van der Waals surface area contributed by atoms with E-state index >= 15 is 0 Å². The summed E-state index contributed by atoms with van der Waals surface area (Å²) in [5.41, 5.74) is 0. The molecule has 14 heavy (non-hydrogen) atoms. The Labute approximate surface area is 84.6 Å². The molecule has 0 saturated carbocycles. The standard InChI is InChI=1S/C10H19NO3/c1-7(5-6-12)11-10(13)9-4-3-8(2)14-9/h7-9,12H,3-6H2,1-2H3,(H,11,13). The summed E-state index contributed by atoms with van der Waals surface area (Å²) in [6.07, 6.45) is 2.25. The van der Waals surface area contributed by atoms with Gasteiger partial charge in [0.05, 0.1) is 6.10 Å².